The number of likely N-dealkylation sites (N-methyl/N-ethyl adjacent to an activating group) is 1. The predicted molar refractivity (Wildman–Crippen MR) is 91.6 cm³/mol. The van der Waals surface area contributed by atoms with Crippen LogP contribution in [0.4, 0.5) is 0 Å². The van der Waals surface area contributed by atoms with E-state index in [0.29, 0.717) is 0 Å². The maximum Gasteiger partial charge on any atom is 0.0247 e. The van der Waals surface area contributed by atoms with Crippen LogP contribution in [-0.4, -0.2) is 18.5 Å². The number of aryl methyl sites for hydroxylation is 1. The standard InChI is InChI=1S/C18H24BrN/c1-15-10-9-11-17(19)16(15)14-20(5)13-8-6-7-12-18(2,3)4/h6,8-11H,13-14H2,1-5H3/b8-6+. The van der Waals surface area contributed by atoms with Crippen LogP contribution in [0.1, 0.15) is 31.9 Å². The van der Waals surface area contributed by atoms with Crippen molar-refractivity contribution in [1.29, 1.82) is 0 Å². The number of hydrogen-bond donors (Lipinski definition) is 0. The molecule has 0 atom stereocenters. The minimum atomic E-state index is 0.0717. The second kappa shape index (κ2) is 7.67. The molecule has 2 heteroatoms. The quantitative estimate of drug-likeness (QED) is 0.715. The molecule has 0 radical (unpaired) electrons. The van der Waals surface area contributed by atoms with Gasteiger partial charge in [0.15, 0.2) is 0 Å². The van der Waals surface area contributed by atoms with Crippen molar-refractivity contribution in [3.8, 4) is 11.8 Å². The average Bonchev–Trinajstić information content (AvgIpc) is 2.32. The van der Waals surface area contributed by atoms with Gasteiger partial charge in [-0.05, 0) is 58.0 Å². The Bertz CT molecular complexity index is 506. The van der Waals surface area contributed by atoms with E-state index in [1.807, 2.05) is 6.08 Å². The molecular formula is C18H24BrN. The van der Waals surface area contributed by atoms with E-state index in [1.165, 1.54) is 15.6 Å². The Kier molecular flexibility index (Phi) is 6.52. The van der Waals surface area contributed by atoms with E-state index in [4.69, 9.17) is 0 Å². The fourth-order valence-electron chi connectivity index (χ4n) is 1.75. The number of nitrogens with zero attached hydrogens (tertiary/aromatic N) is 1. The van der Waals surface area contributed by atoms with Crippen LogP contribution in [0.2, 0.25) is 0 Å². The summed E-state index contributed by atoms with van der Waals surface area (Å²) in [7, 11) is 2.13. The van der Waals surface area contributed by atoms with E-state index < -0.39 is 0 Å². The van der Waals surface area contributed by atoms with E-state index in [9.17, 15) is 0 Å². The van der Waals surface area contributed by atoms with Gasteiger partial charge in [-0.1, -0.05) is 46.0 Å². The Hall–Kier alpha value is -1.04. The molecule has 0 bridgehead atoms. The SMILES string of the molecule is Cc1cccc(Br)c1CN(C)C/C=C/C#CC(C)(C)C. The summed E-state index contributed by atoms with van der Waals surface area (Å²) >= 11 is 3.62. The van der Waals surface area contributed by atoms with E-state index in [1.54, 1.807) is 0 Å². The third kappa shape index (κ3) is 6.41. The smallest absolute Gasteiger partial charge is 0.0247 e. The minimum absolute atomic E-state index is 0.0717. The van der Waals surface area contributed by atoms with E-state index in [0.717, 1.165) is 13.1 Å². The van der Waals surface area contributed by atoms with Crippen molar-refractivity contribution >= 4 is 15.9 Å². The van der Waals surface area contributed by atoms with Crippen LogP contribution in [0.5, 0.6) is 0 Å². The minimum Gasteiger partial charge on any atom is -0.298 e. The fraction of sp³-hybridized carbons (Fsp3) is 0.444. The molecule has 0 saturated heterocycles. The summed E-state index contributed by atoms with van der Waals surface area (Å²) < 4.78 is 1.18. The number of hydrogen-bond acceptors (Lipinski definition) is 1. The highest BCUT2D eigenvalue weighted by Crippen LogP contribution is 2.21. The molecule has 0 heterocycles. The lowest BCUT2D eigenvalue weighted by Gasteiger charge is -2.17. The third-order valence-electron chi connectivity index (χ3n) is 2.85. The van der Waals surface area contributed by atoms with Crippen LogP contribution in [0.15, 0.2) is 34.8 Å². The highest BCUT2D eigenvalue weighted by atomic mass is 79.9. The van der Waals surface area contributed by atoms with Crippen LogP contribution in [0, 0.1) is 24.2 Å². The molecule has 0 unspecified atom stereocenters. The second-order valence-electron chi connectivity index (χ2n) is 6.15. The van der Waals surface area contributed by atoms with Gasteiger partial charge in [0.05, 0.1) is 0 Å². The van der Waals surface area contributed by atoms with E-state index in [2.05, 4.69) is 91.7 Å². The fourth-order valence-corrected chi connectivity index (χ4v) is 2.34. The van der Waals surface area contributed by atoms with Gasteiger partial charge in [0.2, 0.25) is 0 Å². The molecule has 0 spiro atoms. The zero-order valence-corrected chi connectivity index (χ0v) is 14.7. The van der Waals surface area contributed by atoms with Crippen molar-refractivity contribution in [2.24, 2.45) is 5.41 Å². The van der Waals surface area contributed by atoms with Gasteiger partial charge in [0.1, 0.15) is 0 Å². The second-order valence-corrected chi connectivity index (χ2v) is 7.01. The largest absolute Gasteiger partial charge is 0.298 e. The Morgan fingerprint density at radius 3 is 2.60 bits per heavy atom. The Morgan fingerprint density at radius 2 is 2.00 bits per heavy atom. The van der Waals surface area contributed by atoms with Crippen molar-refractivity contribution in [2.45, 2.75) is 34.2 Å². The van der Waals surface area contributed by atoms with Crippen molar-refractivity contribution < 1.29 is 0 Å². The normalized spacial score (nSPS) is 11.8. The molecular weight excluding hydrogens is 310 g/mol. The lowest BCUT2D eigenvalue weighted by molar-refractivity contribution is 0.362. The summed E-state index contributed by atoms with van der Waals surface area (Å²) in [4.78, 5) is 2.28. The molecule has 108 valence electrons. The van der Waals surface area contributed by atoms with Crippen LogP contribution in [0.3, 0.4) is 0 Å². The Morgan fingerprint density at radius 1 is 1.30 bits per heavy atom. The van der Waals surface area contributed by atoms with Crippen molar-refractivity contribution in [1.82, 2.24) is 4.90 Å². The first-order valence-corrected chi connectivity index (χ1v) is 7.69. The van der Waals surface area contributed by atoms with E-state index in [-0.39, 0.29) is 5.41 Å². The first-order chi connectivity index (χ1) is 9.29. The van der Waals surface area contributed by atoms with E-state index >= 15 is 0 Å². The molecule has 0 aliphatic rings. The molecule has 1 rings (SSSR count). The van der Waals surface area contributed by atoms with Crippen LogP contribution < -0.4 is 0 Å². The van der Waals surface area contributed by atoms with Gasteiger partial charge < -0.3 is 0 Å². The van der Waals surface area contributed by atoms with Crippen LogP contribution >= 0.6 is 15.9 Å². The summed E-state index contributed by atoms with van der Waals surface area (Å²) in [5, 5.41) is 0. The first kappa shape index (κ1) is 17.0. The summed E-state index contributed by atoms with van der Waals surface area (Å²) in [6, 6.07) is 6.32. The first-order valence-electron chi connectivity index (χ1n) is 6.90. The van der Waals surface area contributed by atoms with Gasteiger partial charge in [-0.15, -0.1) is 0 Å². The number of rotatable bonds is 4. The van der Waals surface area contributed by atoms with Gasteiger partial charge >= 0.3 is 0 Å². The summed E-state index contributed by atoms with van der Waals surface area (Å²) in [6.07, 6.45) is 4.07. The van der Waals surface area contributed by atoms with Gasteiger partial charge in [0.25, 0.3) is 0 Å². The monoisotopic (exact) mass is 333 g/mol. The van der Waals surface area contributed by atoms with Crippen molar-refractivity contribution in [3.63, 3.8) is 0 Å². The molecule has 0 aromatic heterocycles. The molecule has 0 aliphatic carbocycles. The maximum atomic E-state index is 3.62. The molecule has 0 saturated carbocycles. The molecule has 1 nitrogen and oxygen atoms in total. The van der Waals surface area contributed by atoms with Gasteiger partial charge in [0, 0.05) is 23.0 Å². The van der Waals surface area contributed by atoms with Crippen molar-refractivity contribution in [2.75, 3.05) is 13.6 Å². The zero-order valence-electron chi connectivity index (χ0n) is 13.1. The van der Waals surface area contributed by atoms with Gasteiger partial charge in [-0.2, -0.15) is 0 Å². The average molecular weight is 334 g/mol. The summed E-state index contributed by atoms with van der Waals surface area (Å²) in [5.41, 5.74) is 2.74. The number of halogens is 1. The molecule has 20 heavy (non-hydrogen) atoms. The molecule has 1 aromatic rings. The summed E-state index contributed by atoms with van der Waals surface area (Å²) in [6.45, 7) is 10.4. The molecule has 1 aromatic carbocycles. The van der Waals surface area contributed by atoms with Gasteiger partial charge in [-0.3, -0.25) is 4.90 Å². The molecule has 0 amide bonds. The lowest BCUT2D eigenvalue weighted by atomic mass is 9.98. The van der Waals surface area contributed by atoms with Crippen LogP contribution in [-0.2, 0) is 6.54 Å². The zero-order chi connectivity index (χ0) is 15.2. The maximum absolute atomic E-state index is 3.62. The lowest BCUT2D eigenvalue weighted by Crippen LogP contribution is -2.18. The molecule has 0 aliphatic heterocycles. The predicted octanol–water partition coefficient (Wildman–Crippen LogP) is 4.80. The van der Waals surface area contributed by atoms with Crippen molar-refractivity contribution in [3.05, 3.63) is 46.0 Å². The molecule has 0 fully saturated rings. The Labute approximate surface area is 132 Å². The summed E-state index contributed by atoms with van der Waals surface area (Å²) in [5.74, 6) is 6.30. The van der Waals surface area contributed by atoms with Gasteiger partial charge in [-0.25, -0.2) is 0 Å². The highest BCUT2D eigenvalue weighted by molar-refractivity contribution is 9.10. The van der Waals surface area contributed by atoms with Crippen LogP contribution in [0.25, 0.3) is 0 Å². The Balaban J connectivity index is 2.54. The third-order valence-corrected chi connectivity index (χ3v) is 3.59. The number of allylic oxidation sites excluding steroid dienone is 1. The highest BCUT2D eigenvalue weighted by Gasteiger charge is 2.05. The number of benzene rings is 1. The molecule has 0 N–H and O–H groups in total. The topological polar surface area (TPSA) is 3.24 Å².